The lowest BCUT2D eigenvalue weighted by atomic mass is 10.1. The summed E-state index contributed by atoms with van der Waals surface area (Å²) in [6.07, 6.45) is 0.749. The van der Waals surface area contributed by atoms with E-state index in [0.717, 1.165) is 5.56 Å². The quantitative estimate of drug-likeness (QED) is 0.850. The first-order chi connectivity index (χ1) is 9.56. The van der Waals surface area contributed by atoms with Crippen LogP contribution < -0.4 is 0 Å². The van der Waals surface area contributed by atoms with Crippen molar-refractivity contribution in [3.63, 3.8) is 0 Å². The van der Waals surface area contributed by atoms with Crippen LogP contribution in [0.5, 0.6) is 0 Å². The third kappa shape index (κ3) is 2.02. The lowest BCUT2D eigenvalue weighted by Gasteiger charge is -2.05. The lowest BCUT2D eigenvalue weighted by Crippen LogP contribution is -2.06. The minimum absolute atomic E-state index is 0.155. The van der Waals surface area contributed by atoms with E-state index in [2.05, 4.69) is 4.98 Å². The van der Waals surface area contributed by atoms with E-state index in [1.165, 1.54) is 6.08 Å². The largest absolute Gasteiger partial charge is 0.445 e. The predicted molar refractivity (Wildman–Crippen MR) is 70.8 cm³/mol. The number of hydrogen-bond donors (Lipinski definition) is 1. The molecule has 1 aromatic carbocycles. The molecule has 0 saturated heterocycles. The molecule has 1 N–H and O–H groups in total. The fourth-order valence-electron chi connectivity index (χ4n) is 2.26. The maximum atomic E-state index is 12.1. The van der Waals surface area contributed by atoms with Gasteiger partial charge in [-0.2, -0.15) is 0 Å². The monoisotopic (exact) mass is 271 g/mol. The average Bonchev–Trinajstić information content (AvgIpc) is 2.91. The molecule has 1 heterocycles. The molecule has 0 radical (unpaired) electrons. The van der Waals surface area contributed by atoms with Crippen molar-refractivity contribution in [3.8, 4) is 0 Å². The van der Waals surface area contributed by atoms with Crippen molar-refractivity contribution in [2.24, 2.45) is 0 Å². The Morgan fingerprint density at radius 1 is 1.35 bits per heavy atom. The summed E-state index contributed by atoms with van der Waals surface area (Å²) in [6.45, 7) is 3.32. The first-order valence-corrected chi connectivity index (χ1v) is 6.21. The molecule has 1 unspecified atom stereocenters. The van der Waals surface area contributed by atoms with Gasteiger partial charge in [0.15, 0.2) is 11.6 Å². The highest BCUT2D eigenvalue weighted by Gasteiger charge is 2.26. The topological polar surface area (TPSA) is 72.6 Å². The first-order valence-electron chi connectivity index (χ1n) is 6.21. The first kappa shape index (κ1) is 12.6. The van der Waals surface area contributed by atoms with E-state index in [1.54, 1.807) is 26.0 Å². The normalized spacial score (nSPS) is 16.8. The fraction of sp³-hybridized carbons (Fsp3) is 0.200. The lowest BCUT2D eigenvalue weighted by molar-refractivity contribution is 0.0684. The molecule has 0 fully saturated rings. The molecule has 1 aromatic heterocycles. The van der Waals surface area contributed by atoms with Crippen LogP contribution in [-0.2, 0) is 4.74 Å². The summed E-state index contributed by atoms with van der Waals surface area (Å²) in [5.41, 5.74) is 1.59. The number of ether oxygens (including phenoxy) is 1. The highest BCUT2D eigenvalue weighted by atomic mass is 16.5. The minimum Gasteiger partial charge on any atom is -0.445 e. The summed E-state index contributed by atoms with van der Waals surface area (Å²) in [6, 6.07) is 7.24. The van der Waals surface area contributed by atoms with Gasteiger partial charge in [-0.05, 0) is 18.6 Å². The molecule has 0 aliphatic heterocycles. The van der Waals surface area contributed by atoms with Gasteiger partial charge in [0.05, 0.1) is 0 Å². The number of aromatic nitrogens is 1. The number of rotatable bonds is 2. The molecule has 20 heavy (non-hydrogen) atoms. The standard InChI is InChI=1S/C15H13NO4/c1-8-14(16-9(2)19-8)15(18)20-13-7-12(17)10-5-3-4-6-11(10)13/h3-7,12,17H,1-2H3. The highest BCUT2D eigenvalue weighted by molar-refractivity contribution is 5.93. The maximum Gasteiger partial charge on any atom is 0.366 e. The predicted octanol–water partition coefficient (Wildman–Crippen LogP) is 2.54. The van der Waals surface area contributed by atoms with E-state index in [0.29, 0.717) is 23.0 Å². The Balaban J connectivity index is 1.88. The van der Waals surface area contributed by atoms with Crippen molar-refractivity contribution in [1.82, 2.24) is 4.98 Å². The Morgan fingerprint density at radius 2 is 2.10 bits per heavy atom. The molecular weight excluding hydrogens is 258 g/mol. The van der Waals surface area contributed by atoms with E-state index >= 15 is 0 Å². The Labute approximate surface area is 115 Å². The van der Waals surface area contributed by atoms with Gasteiger partial charge in [0.25, 0.3) is 0 Å². The van der Waals surface area contributed by atoms with E-state index in [9.17, 15) is 9.90 Å². The highest BCUT2D eigenvalue weighted by Crippen LogP contribution is 2.35. The number of hydrogen-bond acceptors (Lipinski definition) is 5. The summed E-state index contributed by atoms with van der Waals surface area (Å²) in [4.78, 5) is 16.1. The number of carbonyl (C=O) groups excluding carboxylic acids is 1. The van der Waals surface area contributed by atoms with Crippen molar-refractivity contribution in [3.05, 3.63) is 58.8 Å². The van der Waals surface area contributed by atoms with Crippen LogP contribution in [0.2, 0.25) is 0 Å². The maximum absolute atomic E-state index is 12.1. The van der Waals surface area contributed by atoms with Crippen molar-refractivity contribution >= 4 is 11.7 Å². The molecule has 1 aliphatic rings. The van der Waals surface area contributed by atoms with Crippen LogP contribution in [0.3, 0.4) is 0 Å². The van der Waals surface area contributed by atoms with Crippen LogP contribution in [0.4, 0.5) is 0 Å². The molecule has 0 bridgehead atoms. The van der Waals surface area contributed by atoms with Gasteiger partial charge in [0.2, 0.25) is 0 Å². The summed E-state index contributed by atoms with van der Waals surface area (Å²) < 4.78 is 10.5. The smallest absolute Gasteiger partial charge is 0.366 e. The van der Waals surface area contributed by atoms with Gasteiger partial charge in [0, 0.05) is 12.5 Å². The molecule has 1 aliphatic carbocycles. The average molecular weight is 271 g/mol. The number of esters is 1. The second-order valence-electron chi connectivity index (χ2n) is 4.59. The van der Waals surface area contributed by atoms with Gasteiger partial charge < -0.3 is 14.3 Å². The van der Waals surface area contributed by atoms with Crippen LogP contribution in [0.1, 0.15) is 39.4 Å². The zero-order valence-electron chi connectivity index (χ0n) is 11.1. The molecule has 0 amide bonds. The van der Waals surface area contributed by atoms with Crippen molar-refractivity contribution in [1.29, 1.82) is 0 Å². The van der Waals surface area contributed by atoms with Crippen molar-refractivity contribution in [2.45, 2.75) is 20.0 Å². The summed E-state index contributed by atoms with van der Waals surface area (Å²) in [7, 11) is 0. The number of aliphatic hydroxyl groups excluding tert-OH is 1. The van der Waals surface area contributed by atoms with Crippen molar-refractivity contribution in [2.75, 3.05) is 0 Å². The summed E-state index contributed by atoms with van der Waals surface area (Å²) in [5.74, 6) is 0.586. The third-order valence-corrected chi connectivity index (χ3v) is 3.15. The van der Waals surface area contributed by atoms with Crippen LogP contribution >= 0.6 is 0 Å². The van der Waals surface area contributed by atoms with Gasteiger partial charge in [-0.25, -0.2) is 9.78 Å². The zero-order chi connectivity index (χ0) is 14.3. The molecule has 2 aromatic rings. The second-order valence-corrected chi connectivity index (χ2v) is 4.59. The Hall–Kier alpha value is -2.40. The number of aryl methyl sites for hydroxylation is 2. The van der Waals surface area contributed by atoms with Crippen LogP contribution in [0.25, 0.3) is 5.76 Å². The Bertz CT molecular complexity index is 714. The molecule has 1 atom stereocenters. The zero-order valence-corrected chi connectivity index (χ0v) is 11.1. The van der Waals surface area contributed by atoms with E-state index in [4.69, 9.17) is 9.15 Å². The fourth-order valence-corrected chi connectivity index (χ4v) is 2.26. The van der Waals surface area contributed by atoms with Gasteiger partial charge in [-0.3, -0.25) is 0 Å². The third-order valence-electron chi connectivity index (χ3n) is 3.15. The van der Waals surface area contributed by atoms with Crippen LogP contribution in [0, 0.1) is 13.8 Å². The minimum atomic E-state index is -0.755. The number of nitrogens with zero attached hydrogens (tertiary/aromatic N) is 1. The molecular formula is C15H13NO4. The molecule has 102 valence electrons. The summed E-state index contributed by atoms with van der Waals surface area (Å²) in [5, 5.41) is 9.89. The number of aliphatic hydroxyl groups is 1. The molecule has 0 spiro atoms. The molecule has 3 rings (SSSR count). The molecule has 0 saturated carbocycles. The van der Waals surface area contributed by atoms with Gasteiger partial charge in [-0.15, -0.1) is 0 Å². The van der Waals surface area contributed by atoms with Gasteiger partial charge in [-0.1, -0.05) is 24.3 Å². The van der Waals surface area contributed by atoms with E-state index in [1.807, 2.05) is 12.1 Å². The van der Waals surface area contributed by atoms with E-state index < -0.39 is 12.1 Å². The molecule has 5 heteroatoms. The number of carbonyl (C=O) groups is 1. The Morgan fingerprint density at radius 3 is 2.80 bits per heavy atom. The Kier molecular flexibility index (Phi) is 2.91. The van der Waals surface area contributed by atoms with E-state index in [-0.39, 0.29) is 5.69 Å². The van der Waals surface area contributed by atoms with Crippen molar-refractivity contribution < 1.29 is 19.1 Å². The summed E-state index contributed by atoms with van der Waals surface area (Å²) >= 11 is 0. The number of oxazole rings is 1. The molecule has 5 nitrogen and oxygen atoms in total. The SMILES string of the molecule is Cc1nc(C(=O)OC2=CC(O)c3ccccc32)c(C)o1. The number of fused-ring (bicyclic) bond motifs is 1. The number of benzene rings is 1. The van der Waals surface area contributed by atoms with Crippen LogP contribution in [0.15, 0.2) is 34.8 Å². The van der Waals surface area contributed by atoms with Gasteiger partial charge >= 0.3 is 5.97 Å². The second kappa shape index (κ2) is 4.61. The van der Waals surface area contributed by atoms with Gasteiger partial charge in [0.1, 0.15) is 17.6 Å². The van der Waals surface area contributed by atoms with Crippen LogP contribution in [-0.4, -0.2) is 16.1 Å².